The van der Waals surface area contributed by atoms with Crippen LogP contribution in [-0.4, -0.2) is 36.1 Å². The highest BCUT2D eigenvalue weighted by atomic mass is 19.1. The fraction of sp³-hybridized carbons (Fsp3) is 0.227. The molecule has 1 aromatic heterocycles. The Hall–Kier alpha value is -3.48. The lowest BCUT2D eigenvalue weighted by Gasteiger charge is -2.08. The monoisotopic (exact) mass is 394 g/mol. The number of hydrogen-bond donors (Lipinski definition) is 2. The summed E-state index contributed by atoms with van der Waals surface area (Å²) in [6, 6.07) is 14.1. The number of methoxy groups -OCH3 is 1. The van der Waals surface area contributed by atoms with Crippen LogP contribution in [0.1, 0.15) is 21.6 Å². The lowest BCUT2D eigenvalue weighted by atomic mass is 10.1. The molecule has 0 radical (unpaired) electrons. The second-order valence-corrected chi connectivity index (χ2v) is 6.45. The minimum Gasteiger partial charge on any atom is -0.497 e. The number of hydrogen-bond acceptors (Lipinski definition) is 5. The van der Waals surface area contributed by atoms with Crippen molar-refractivity contribution in [3.8, 4) is 5.75 Å². The Kier molecular flexibility index (Phi) is 7.10. The van der Waals surface area contributed by atoms with Crippen molar-refractivity contribution in [2.75, 3.05) is 25.5 Å². The van der Waals surface area contributed by atoms with Crippen molar-refractivity contribution in [2.45, 2.75) is 12.8 Å². The summed E-state index contributed by atoms with van der Waals surface area (Å²) in [5.41, 5.74) is 2.36. The molecule has 150 valence electrons. The van der Waals surface area contributed by atoms with Crippen molar-refractivity contribution in [2.24, 2.45) is 0 Å². The average Bonchev–Trinajstić information content (AvgIpc) is 2.76. The molecule has 3 aromatic rings. The van der Waals surface area contributed by atoms with Gasteiger partial charge in [-0.3, -0.25) is 4.79 Å². The van der Waals surface area contributed by atoms with Gasteiger partial charge in [0.1, 0.15) is 23.1 Å². The number of anilines is 1. The van der Waals surface area contributed by atoms with Crippen LogP contribution in [0.15, 0.2) is 60.9 Å². The van der Waals surface area contributed by atoms with Crippen LogP contribution in [0.3, 0.4) is 0 Å². The van der Waals surface area contributed by atoms with Crippen molar-refractivity contribution >= 4 is 11.7 Å². The Labute approximate surface area is 169 Å². The molecule has 0 saturated carbocycles. The van der Waals surface area contributed by atoms with Gasteiger partial charge >= 0.3 is 0 Å². The third-order valence-electron chi connectivity index (χ3n) is 4.35. The van der Waals surface area contributed by atoms with Gasteiger partial charge in [0.05, 0.1) is 19.5 Å². The molecular formula is C22H23FN4O2. The number of nitrogens with zero attached hydrogens (tertiary/aromatic N) is 2. The van der Waals surface area contributed by atoms with Crippen LogP contribution in [0.4, 0.5) is 10.2 Å². The predicted molar refractivity (Wildman–Crippen MR) is 110 cm³/mol. The van der Waals surface area contributed by atoms with Crippen LogP contribution in [0.5, 0.6) is 5.75 Å². The summed E-state index contributed by atoms with van der Waals surface area (Å²) in [6.07, 6.45) is 4.41. The zero-order valence-electron chi connectivity index (χ0n) is 16.2. The van der Waals surface area contributed by atoms with E-state index in [1.165, 1.54) is 18.3 Å². The summed E-state index contributed by atoms with van der Waals surface area (Å²) in [7, 11) is 1.65. The van der Waals surface area contributed by atoms with E-state index in [0.29, 0.717) is 25.3 Å². The molecule has 0 aliphatic carbocycles. The van der Waals surface area contributed by atoms with E-state index in [0.717, 1.165) is 23.3 Å². The highest BCUT2D eigenvalue weighted by Crippen LogP contribution is 2.13. The zero-order valence-corrected chi connectivity index (χ0v) is 16.2. The average molecular weight is 394 g/mol. The molecular weight excluding hydrogens is 371 g/mol. The van der Waals surface area contributed by atoms with Crippen molar-refractivity contribution in [3.63, 3.8) is 0 Å². The summed E-state index contributed by atoms with van der Waals surface area (Å²) in [5, 5.41) is 5.98. The number of rotatable bonds is 9. The smallest absolute Gasteiger partial charge is 0.271 e. The number of halogens is 1. The summed E-state index contributed by atoms with van der Waals surface area (Å²) >= 11 is 0. The van der Waals surface area contributed by atoms with E-state index in [1.807, 2.05) is 24.3 Å². The first-order valence-corrected chi connectivity index (χ1v) is 9.35. The molecule has 1 amide bonds. The summed E-state index contributed by atoms with van der Waals surface area (Å²) in [5.74, 6) is 0.876. The van der Waals surface area contributed by atoms with Crippen LogP contribution >= 0.6 is 0 Å². The maximum atomic E-state index is 12.9. The van der Waals surface area contributed by atoms with Crippen molar-refractivity contribution in [1.82, 2.24) is 15.3 Å². The van der Waals surface area contributed by atoms with E-state index >= 15 is 0 Å². The number of nitrogens with one attached hydrogen (secondary N) is 2. The Morgan fingerprint density at radius 1 is 1.00 bits per heavy atom. The molecule has 0 spiro atoms. The first kappa shape index (κ1) is 20.3. The van der Waals surface area contributed by atoms with Crippen molar-refractivity contribution < 1.29 is 13.9 Å². The normalized spacial score (nSPS) is 10.4. The summed E-state index contributed by atoms with van der Waals surface area (Å²) in [4.78, 5) is 20.6. The largest absolute Gasteiger partial charge is 0.497 e. The Morgan fingerprint density at radius 3 is 2.52 bits per heavy atom. The second kappa shape index (κ2) is 10.2. The third kappa shape index (κ3) is 6.27. The molecule has 29 heavy (non-hydrogen) atoms. The predicted octanol–water partition coefficient (Wildman–Crippen LogP) is 3.25. The quantitative estimate of drug-likeness (QED) is 0.583. The molecule has 0 unspecified atom stereocenters. The van der Waals surface area contributed by atoms with Crippen LogP contribution in [0.25, 0.3) is 0 Å². The molecule has 2 N–H and O–H groups in total. The molecule has 1 heterocycles. The van der Waals surface area contributed by atoms with Crippen LogP contribution in [-0.2, 0) is 12.8 Å². The molecule has 6 nitrogen and oxygen atoms in total. The maximum absolute atomic E-state index is 12.9. The van der Waals surface area contributed by atoms with Crippen LogP contribution in [0.2, 0.25) is 0 Å². The molecule has 0 bridgehead atoms. The van der Waals surface area contributed by atoms with E-state index < -0.39 is 0 Å². The summed E-state index contributed by atoms with van der Waals surface area (Å²) in [6.45, 7) is 1.12. The van der Waals surface area contributed by atoms with Gasteiger partial charge in [0, 0.05) is 13.1 Å². The lowest BCUT2D eigenvalue weighted by molar-refractivity contribution is 0.0949. The molecule has 0 atom stereocenters. The molecule has 7 heteroatoms. The standard InChI is InChI=1S/C22H23FN4O2/c1-29-19-4-2-3-17(13-19)10-11-24-21-15-26-20(14-27-21)22(28)25-12-9-16-5-7-18(23)8-6-16/h2-8,13-15H,9-12H2,1H3,(H,24,27)(H,25,28). The second-order valence-electron chi connectivity index (χ2n) is 6.45. The molecule has 0 saturated heterocycles. The highest BCUT2D eigenvalue weighted by Gasteiger charge is 2.07. The van der Waals surface area contributed by atoms with Gasteiger partial charge in [-0.25, -0.2) is 14.4 Å². The van der Waals surface area contributed by atoms with Crippen LogP contribution < -0.4 is 15.4 Å². The van der Waals surface area contributed by atoms with E-state index in [1.54, 1.807) is 25.4 Å². The molecule has 2 aromatic carbocycles. The number of ether oxygens (including phenoxy) is 1. The number of aromatic nitrogens is 2. The van der Waals surface area contributed by atoms with Gasteiger partial charge in [-0.2, -0.15) is 0 Å². The summed E-state index contributed by atoms with van der Waals surface area (Å²) < 4.78 is 18.1. The van der Waals surface area contributed by atoms with Gasteiger partial charge in [-0.1, -0.05) is 24.3 Å². The molecule has 0 aliphatic rings. The van der Waals surface area contributed by atoms with Crippen LogP contribution in [0, 0.1) is 5.82 Å². The maximum Gasteiger partial charge on any atom is 0.271 e. The van der Waals surface area contributed by atoms with E-state index in [-0.39, 0.29) is 17.4 Å². The Balaban J connectivity index is 1.42. The van der Waals surface area contributed by atoms with Gasteiger partial charge in [0.25, 0.3) is 5.91 Å². The van der Waals surface area contributed by atoms with Gasteiger partial charge in [0.2, 0.25) is 0 Å². The van der Waals surface area contributed by atoms with Crippen molar-refractivity contribution in [1.29, 1.82) is 0 Å². The van der Waals surface area contributed by atoms with Crippen molar-refractivity contribution in [3.05, 3.63) is 83.6 Å². The third-order valence-corrected chi connectivity index (χ3v) is 4.35. The fourth-order valence-corrected chi connectivity index (χ4v) is 2.76. The van der Waals surface area contributed by atoms with E-state index in [2.05, 4.69) is 20.6 Å². The van der Waals surface area contributed by atoms with E-state index in [4.69, 9.17) is 4.74 Å². The van der Waals surface area contributed by atoms with Gasteiger partial charge in [0.15, 0.2) is 0 Å². The van der Waals surface area contributed by atoms with Gasteiger partial charge < -0.3 is 15.4 Å². The fourth-order valence-electron chi connectivity index (χ4n) is 2.76. The topological polar surface area (TPSA) is 76.1 Å². The Morgan fingerprint density at radius 2 is 1.79 bits per heavy atom. The van der Waals surface area contributed by atoms with E-state index in [9.17, 15) is 9.18 Å². The molecule has 3 rings (SSSR count). The van der Waals surface area contributed by atoms with Gasteiger partial charge in [-0.15, -0.1) is 0 Å². The first-order chi connectivity index (χ1) is 14.1. The number of benzene rings is 2. The highest BCUT2D eigenvalue weighted by molar-refractivity contribution is 5.91. The van der Waals surface area contributed by atoms with Gasteiger partial charge in [-0.05, 0) is 48.2 Å². The molecule has 0 fully saturated rings. The number of carbonyl (C=O) groups is 1. The lowest BCUT2D eigenvalue weighted by Crippen LogP contribution is -2.26. The zero-order chi connectivity index (χ0) is 20.5. The molecule has 0 aliphatic heterocycles. The number of carbonyl (C=O) groups excluding carboxylic acids is 1. The SMILES string of the molecule is COc1cccc(CCNc2cnc(C(=O)NCCc3ccc(F)cc3)cn2)c1. The first-order valence-electron chi connectivity index (χ1n) is 9.35. The minimum absolute atomic E-state index is 0.252. The Bertz CT molecular complexity index is 930. The minimum atomic E-state index is -0.289. The number of amides is 1.